The summed E-state index contributed by atoms with van der Waals surface area (Å²) in [6.45, 7) is 0. The van der Waals surface area contributed by atoms with Crippen molar-refractivity contribution in [2.45, 2.75) is 25.7 Å². The van der Waals surface area contributed by atoms with Crippen LogP contribution in [0.25, 0.3) is 0 Å². The Morgan fingerprint density at radius 1 is 1.23 bits per heavy atom. The van der Waals surface area contributed by atoms with Crippen LogP contribution in [-0.2, 0) is 4.57 Å². The van der Waals surface area contributed by atoms with Crippen molar-refractivity contribution >= 4 is 8.46 Å². The second-order valence-corrected chi connectivity index (χ2v) is 3.39. The summed E-state index contributed by atoms with van der Waals surface area (Å²) in [6.07, 6.45) is 4.86. The average Bonchev–Trinajstić information content (AvgIpc) is 2.17. The highest BCUT2D eigenvalue weighted by Crippen LogP contribution is 2.12. The highest BCUT2D eigenvalue weighted by molar-refractivity contribution is 7.23. The van der Waals surface area contributed by atoms with Crippen LogP contribution >= 0.6 is 8.46 Å². The Morgan fingerprint density at radius 2 is 1.77 bits per heavy atom. The van der Waals surface area contributed by atoms with Gasteiger partial charge in [0.15, 0.2) is 0 Å². The molecule has 0 aromatic heterocycles. The molecular formula is C9H13N2OP. The van der Waals surface area contributed by atoms with Gasteiger partial charge in [0.25, 0.3) is 0 Å². The van der Waals surface area contributed by atoms with Crippen LogP contribution < -0.4 is 0 Å². The Labute approximate surface area is 79.9 Å². The normalized spacial score (nSPS) is 9.38. The van der Waals surface area contributed by atoms with Crippen molar-refractivity contribution < 1.29 is 4.57 Å². The van der Waals surface area contributed by atoms with Crippen molar-refractivity contribution in [2.24, 2.45) is 0 Å². The maximum Gasteiger partial charge on any atom is 0.0681 e. The van der Waals surface area contributed by atoms with Gasteiger partial charge >= 0.3 is 0 Å². The zero-order chi connectivity index (χ0) is 9.94. The topological polar surface area (TPSA) is 64.7 Å². The van der Waals surface area contributed by atoms with E-state index in [2.05, 4.69) is 12.1 Å². The summed E-state index contributed by atoms with van der Waals surface area (Å²) in [4.78, 5) is 0. The Morgan fingerprint density at radius 3 is 2.15 bits per heavy atom. The molecule has 1 atom stereocenters. The van der Waals surface area contributed by atoms with E-state index in [4.69, 9.17) is 10.5 Å². The monoisotopic (exact) mass is 196 g/mol. The van der Waals surface area contributed by atoms with Crippen LogP contribution in [0.1, 0.15) is 25.7 Å². The van der Waals surface area contributed by atoms with Crippen molar-refractivity contribution in [3.63, 3.8) is 0 Å². The van der Waals surface area contributed by atoms with Gasteiger partial charge in [-0.2, -0.15) is 10.5 Å². The first kappa shape index (κ1) is 11.9. The Hall–Kier alpha value is -1.05. The third-order valence-corrected chi connectivity index (χ3v) is 2.05. The van der Waals surface area contributed by atoms with E-state index in [1.54, 1.807) is 0 Å². The number of allylic oxidation sites excluding steroid dienone is 2. The molecule has 0 rings (SSSR count). The number of rotatable bonds is 6. The summed E-state index contributed by atoms with van der Waals surface area (Å²) in [5.74, 6) is 0. The van der Waals surface area contributed by atoms with Crippen molar-refractivity contribution in [3.05, 3.63) is 11.6 Å². The summed E-state index contributed by atoms with van der Waals surface area (Å²) < 4.78 is 10.3. The molecule has 0 saturated carbocycles. The molecule has 0 spiro atoms. The number of hydrogen-bond donors (Lipinski definition) is 0. The molecule has 0 saturated heterocycles. The van der Waals surface area contributed by atoms with Gasteiger partial charge < -0.3 is 4.57 Å². The van der Waals surface area contributed by atoms with E-state index >= 15 is 0 Å². The summed E-state index contributed by atoms with van der Waals surface area (Å²) in [6, 6.07) is 4.11. The fourth-order valence-electron chi connectivity index (χ4n) is 0.977. The Kier molecular flexibility index (Phi) is 8.31. The lowest BCUT2D eigenvalue weighted by atomic mass is 10.1. The maximum atomic E-state index is 10.3. The first-order valence-electron chi connectivity index (χ1n) is 4.20. The zero-order valence-corrected chi connectivity index (χ0v) is 8.65. The van der Waals surface area contributed by atoms with E-state index in [1.165, 1.54) is 0 Å². The molecule has 0 heterocycles. The lowest BCUT2D eigenvalue weighted by Crippen LogP contribution is -1.84. The van der Waals surface area contributed by atoms with Gasteiger partial charge in [0.05, 0.1) is 20.6 Å². The first-order chi connectivity index (χ1) is 6.35. The molecular weight excluding hydrogens is 183 g/mol. The molecule has 0 aromatic carbocycles. The summed E-state index contributed by atoms with van der Waals surface area (Å²) in [7, 11) is -0.749. The van der Waals surface area contributed by atoms with Gasteiger partial charge in [0, 0.05) is 19.0 Å². The predicted molar refractivity (Wildman–Crippen MR) is 53.0 cm³/mol. The largest absolute Gasteiger partial charge is 0.330 e. The predicted octanol–water partition coefficient (Wildman–Crippen LogP) is 2.28. The summed E-state index contributed by atoms with van der Waals surface area (Å²) >= 11 is 0. The standard InChI is InChI=1S/C9H13N2OP/c10-6-1-3-9(4-2-7-11)5-8-13-12/h5H,1-4,8,13H2. The van der Waals surface area contributed by atoms with Gasteiger partial charge in [-0.1, -0.05) is 11.6 Å². The summed E-state index contributed by atoms with van der Waals surface area (Å²) in [5, 5.41) is 16.7. The highest BCUT2D eigenvalue weighted by atomic mass is 31.1. The van der Waals surface area contributed by atoms with E-state index < -0.39 is 8.46 Å². The minimum atomic E-state index is -0.749. The van der Waals surface area contributed by atoms with Gasteiger partial charge in [0.2, 0.25) is 0 Å². The molecule has 0 fully saturated rings. The van der Waals surface area contributed by atoms with Crippen molar-refractivity contribution in [1.29, 1.82) is 10.5 Å². The number of nitriles is 2. The molecule has 0 amide bonds. The molecule has 1 unspecified atom stereocenters. The van der Waals surface area contributed by atoms with E-state index in [0.717, 1.165) is 5.57 Å². The second-order valence-electron chi connectivity index (χ2n) is 2.58. The van der Waals surface area contributed by atoms with Gasteiger partial charge in [-0.05, 0) is 12.8 Å². The molecule has 4 heteroatoms. The molecule has 0 bridgehead atoms. The first-order valence-corrected chi connectivity index (χ1v) is 5.49. The third kappa shape index (κ3) is 7.32. The lowest BCUT2D eigenvalue weighted by Gasteiger charge is -2.00. The van der Waals surface area contributed by atoms with Crippen LogP contribution in [0.15, 0.2) is 11.6 Å². The molecule has 3 nitrogen and oxygen atoms in total. The van der Waals surface area contributed by atoms with E-state index in [9.17, 15) is 4.57 Å². The number of hydrogen-bond acceptors (Lipinski definition) is 3. The van der Waals surface area contributed by atoms with Crippen LogP contribution in [-0.4, -0.2) is 6.16 Å². The van der Waals surface area contributed by atoms with Crippen LogP contribution in [0.4, 0.5) is 0 Å². The molecule has 70 valence electrons. The molecule has 13 heavy (non-hydrogen) atoms. The highest BCUT2D eigenvalue weighted by Gasteiger charge is 1.96. The molecule has 0 N–H and O–H groups in total. The second kappa shape index (κ2) is 9.04. The molecule has 0 radical (unpaired) electrons. The number of nitrogens with zero attached hydrogens (tertiary/aromatic N) is 2. The Bertz CT molecular complexity index is 240. The smallest absolute Gasteiger partial charge is 0.0681 e. The zero-order valence-electron chi connectivity index (χ0n) is 7.49. The van der Waals surface area contributed by atoms with Crippen molar-refractivity contribution in [3.8, 4) is 12.1 Å². The third-order valence-electron chi connectivity index (χ3n) is 1.62. The minimum absolute atomic E-state index is 0.478. The van der Waals surface area contributed by atoms with Crippen molar-refractivity contribution in [2.75, 3.05) is 6.16 Å². The van der Waals surface area contributed by atoms with Crippen LogP contribution in [0.5, 0.6) is 0 Å². The van der Waals surface area contributed by atoms with Gasteiger partial charge in [-0.25, -0.2) is 0 Å². The SMILES string of the molecule is N#CCCC(=CC[PH2]=O)CCC#N. The van der Waals surface area contributed by atoms with Gasteiger partial charge in [0.1, 0.15) is 0 Å². The lowest BCUT2D eigenvalue weighted by molar-refractivity contribution is 0.600. The maximum absolute atomic E-state index is 10.3. The average molecular weight is 196 g/mol. The van der Waals surface area contributed by atoms with Crippen molar-refractivity contribution in [1.82, 2.24) is 0 Å². The Balaban J connectivity index is 3.96. The van der Waals surface area contributed by atoms with Crippen LogP contribution in [0.2, 0.25) is 0 Å². The van der Waals surface area contributed by atoms with Crippen LogP contribution in [0.3, 0.4) is 0 Å². The van der Waals surface area contributed by atoms with E-state index in [1.807, 2.05) is 6.08 Å². The molecule has 0 aliphatic carbocycles. The molecule has 0 aliphatic heterocycles. The van der Waals surface area contributed by atoms with E-state index in [0.29, 0.717) is 31.8 Å². The van der Waals surface area contributed by atoms with Gasteiger partial charge in [-0.3, -0.25) is 0 Å². The van der Waals surface area contributed by atoms with E-state index in [-0.39, 0.29) is 0 Å². The fourth-order valence-corrected chi connectivity index (χ4v) is 1.41. The molecule has 0 aliphatic rings. The molecule has 0 aromatic rings. The summed E-state index contributed by atoms with van der Waals surface area (Å²) in [5.41, 5.74) is 1.09. The minimum Gasteiger partial charge on any atom is -0.330 e. The quantitative estimate of drug-likeness (QED) is 0.483. The fraction of sp³-hybridized carbons (Fsp3) is 0.556. The van der Waals surface area contributed by atoms with Gasteiger partial charge in [-0.15, -0.1) is 0 Å². The van der Waals surface area contributed by atoms with Crippen LogP contribution in [0, 0.1) is 22.7 Å².